The van der Waals surface area contributed by atoms with Gasteiger partial charge in [0.2, 0.25) is 0 Å². The number of aliphatic carboxylic acids is 1. The summed E-state index contributed by atoms with van der Waals surface area (Å²) in [7, 11) is 0. The summed E-state index contributed by atoms with van der Waals surface area (Å²) in [5, 5.41) is 13.8. The van der Waals surface area contributed by atoms with E-state index in [4.69, 9.17) is 14.9 Å². The lowest BCUT2D eigenvalue weighted by Gasteiger charge is -2.09. The minimum atomic E-state index is -1.06. The highest BCUT2D eigenvalue weighted by molar-refractivity contribution is 9.10. The summed E-state index contributed by atoms with van der Waals surface area (Å²) in [6.45, 7) is 0.171. The molecule has 0 amide bonds. The van der Waals surface area contributed by atoms with E-state index in [0.29, 0.717) is 23.6 Å². The van der Waals surface area contributed by atoms with Gasteiger partial charge in [-0.3, -0.25) is 4.68 Å². The highest BCUT2D eigenvalue weighted by Gasteiger charge is 2.16. The zero-order valence-corrected chi connectivity index (χ0v) is 18.6. The summed E-state index contributed by atoms with van der Waals surface area (Å²) >= 11 is 3.47. The molecule has 7 heteroatoms. The maximum Gasteiger partial charge on any atom is 0.341 e. The third-order valence-electron chi connectivity index (χ3n) is 4.94. The van der Waals surface area contributed by atoms with E-state index in [9.17, 15) is 9.18 Å². The fourth-order valence-corrected chi connectivity index (χ4v) is 3.78. The molecule has 0 aliphatic carbocycles. The Morgan fingerprint density at radius 3 is 2.50 bits per heavy atom. The molecule has 0 radical (unpaired) electrons. The number of benzene rings is 3. The lowest BCUT2D eigenvalue weighted by molar-refractivity contribution is -0.139. The summed E-state index contributed by atoms with van der Waals surface area (Å²) in [6, 6.07) is 23.6. The highest BCUT2D eigenvalue weighted by Crippen LogP contribution is 2.34. The molecule has 0 bridgehead atoms. The van der Waals surface area contributed by atoms with Gasteiger partial charge in [-0.15, -0.1) is 0 Å². The lowest BCUT2D eigenvalue weighted by atomic mass is 10.1. The molecule has 4 rings (SSSR count). The molecule has 162 valence electrons. The van der Waals surface area contributed by atoms with E-state index in [1.54, 1.807) is 24.3 Å². The molecule has 0 fully saturated rings. The summed E-state index contributed by atoms with van der Waals surface area (Å²) in [5.41, 5.74) is 4.16. The number of hydrogen-bond donors (Lipinski definition) is 1. The van der Waals surface area contributed by atoms with Gasteiger partial charge in [-0.25, -0.2) is 9.18 Å². The molecule has 3 aromatic carbocycles. The van der Waals surface area contributed by atoms with Gasteiger partial charge in [0.1, 0.15) is 11.6 Å². The van der Waals surface area contributed by atoms with Gasteiger partial charge in [0.15, 0.2) is 6.61 Å². The van der Waals surface area contributed by atoms with Crippen molar-refractivity contribution in [3.63, 3.8) is 0 Å². The minimum Gasteiger partial charge on any atom is -0.481 e. The van der Waals surface area contributed by atoms with Crippen molar-refractivity contribution in [3.05, 3.63) is 94.7 Å². The molecule has 0 atom stereocenters. The standard InChI is InChI=1S/C25H20BrFN2O3/c26-19-8-11-24(32-16-25(30)31)21(14-19)22-15-23(18-6-9-20(27)10-7-18)29(28-22)13-12-17-4-2-1-3-5-17/h1-11,14-15H,12-13,16H2,(H,30,31). The van der Waals surface area contributed by atoms with Gasteiger partial charge in [-0.2, -0.15) is 5.10 Å². The second-order valence-electron chi connectivity index (χ2n) is 7.20. The third kappa shape index (κ3) is 5.23. The molecule has 0 saturated heterocycles. The second-order valence-corrected chi connectivity index (χ2v) is 8.12. The molecule has 32 heavy (non-hydrogen) atoms. The smallest absolute Gasteiger partial charge is 0.341 e. The van der Waals surface area contributed by atoms with Crippen molar-refractivity contribution in [3.8, 4) is 28.3 Å². The van der Waals surface area contributed by atoms with Crippen LogP contribution < -0.4 is 4.74 Å². The van der Waals surface area contributed by atoms with Gasteiger partial charge >= 0.3 is 5.97 Å². The first-order chi connectivity index (χ1) is 15.5. The fourth-order valence-electron chi connectivity index (χ4n) is 3.42. The average molecular weight is 495 g/mol. The number of carboxylic acids is 1. The Morgan fingerprint density at radius 2 is 1.78 bits per heavy atom. The van der Waals surface area contributed by atoms with Crippen molar-refractivity contribution in [2.45, 2.75) is 13.0 Å². The van der Waals surface area contributed by atoms with Crippen LogP contribution in [0, 0.1) is 5.82 Å². The van der Waals surface area contributed by atoms with Crippen LogP contribution in [0.1, 0.15) is 5.56 Å². The predicted molar refractivity (Wildman–Crippen MR) is 124 cm³/mol. The van der Waals surface area contributed by atoms with Crippen LogP contribution in [0.15, 0.2) is 83.3 Å². The predicted octanol–water partition coefficient (Wildman–Crippen LogP) is 5.82. The van der Waals surface area contributed by atoms with Crippen LogP contribution in [-0.4, -0.2) is 27.5 Å². The Morgan fingerprint density at radius 1 is 1.03 bits per heavy atom. The van der Waals surface area contributed by atoms with Gasteiger partial charge in [-0.05, 0) is 60.5 Å². The van der Waals surface area contributed by atoms with Gasteiger partial charge in [0, 0.05) is 22.1 Å². The molecule has 0 unspecified atom stereocenters. The molecule has 0 spiro atoms. The Hall–Kier alpha value is -3.45. The van der Waals surface area contributed by atoms with Crippen LogP contribution in [0.4, 0.5) is 4.39 Å². The van der Waals surface area contributed by atoms with Gasteiger partial charge < -0.3 is 9.84 Å². The van der Waals surface area contributed by atoms with Crippen molar-refractivity contribution >= 4 is 21.9 Å². The van der Waals surface area contributed by atoms with E-state index in [1.807, 2.05) is 35.0 Å². The topological polar surface area (TPSA) is 64.3 Å². The number of halogens is 2. The van der Waals surface area contributed by atoms with E-state index >= 15 is 0 Å². The van der Waals surface area contributed by atoms with Gasteiger partial charge in [-0.1, -0.05) is 46.3 Å². The Balaban J connectivity index is 1.74. The monoisotopic (exact) mass is 494 g/mol. The van der Waals surface area contributed by atoms with Crippen LogP contribution in [0.3, 0.4) is 0 Å². The summed E-state index contributed by atoms with van der Waals surface area (Å²) in [4.78, 5) is 11.0. The maximum atomic E-state index is 13.5. The number of carboxylic acid groups (broad SMARTS) is 1. The lowest BCUT2D eigenvalue weighted by Crippen LogP contribution is -2.10. The molecule has 4 aromatic rings. The summed E-state index contributed by atoms with van der Waals surface area (Å²) < 4.78 is 21.7. The zero-order valence-electron chi connectivity index (χ0n) is 17.0. The number of rotatable bonds is 8. The Kier molecular flexibility index (Phi) is 6.66. The molecule has 0 aliphatic rings. The minimum absolute atomic E-state index is 0.305. The molecule has 1 N–H and O–H groups in total. The summed E-state index contributed by atoms with van der Waals surface area (Å²) in [5.74, 6) is -0.936. The molecule has 1 heterocycles. The van der Waals surface area contributed by atoms with Crippen LogP contribution in [0.25, 0.3) is 22.5 Å². The second kappa shape index (κ2) is 9.78. The van der Waals surface area contributed by atoms with Gasteiger partial charge in [0.05, 0.1) is 11.4 Å². The molecular formula is C25H20BrFN2O3. The van der Waals surface area contributed by atoms with Crippen molar-refractivity contribution in [2.24, 2.45) is 0 Å². The van der Waals surface area contributed by atoms with Crippen molar-refractivity contribution in [1.29, 1.82) is 0 Å². The normalized spacial score (nSPS) is 10.8. The average Bonchev–Trinajstić information content (AvgIpc) is 3.22. The molecule has 1 aromatic heterocycles. The molecule has 0 aliphatic heterocycles. The Labute approximate surface area is 193 Å². The first-order valence-electron chi connectivity index (χ1n) is 10.0. The number of ether oxygens (including phenoxy) is 1. The largest absolute Gasteiger partial charge is 0.481 e. The van der Waals surface area contributed by atoms with E-state index in [0.717, 1.165) is 22.2 Å². The number of aryl methyl sites for hydroxylation is 2. The first-order valence-corrected chi connectivity index (χ1v) is 10.8. The zero-order chi connectivity index (χ0) is 22.5. The van der Waals surface area contributed by atoms with Crippen molar-refractivity contribution < 1.29 is 19.0 Å². The van der Waals surface area contributed by atoms with Crippen LogP contribution in [0.5, 0.6) is 5.75 Å². The highest BCUT2D eigenvalue weighted by atomic mass is 79.9. The SMILES string of the molecule is O=C(O)COc1ccc(Br)cc1-c1cc(-c2ccc(F)cc2)n(CCc2ccccc2)n1. The quantitative estimate of drug-likeness (QED) is 0.335. The van der Waals surface area contributed by atoms with Crippen molar-refractivity contribution in [1.82, 2.24) is 9.78 Å². The van der Waals surface area contributed by atoms with Gasteiger partial charge in [0.25, 0.3) is 0 Å². The third-order valence-corrected chi connectivity index (χ3v) is 5.44. The van der Waals surface area contributed by atoms with E-state index in [1.165, 1.54) is 17.7 Å². The van der Waals surface area contributed by atoms with E-state index in [2.05, 4.69) is 28.1 Å². The van der Waals surface area contributed by atoms with E-state index < -0.39 is 12.6 Å². The Bertz CT molecular complexity index is 1220. The number of hydrogen-bond acceptors (Lipinski definition) is 3. The van der Waals surface area contributed by atoms with E-state index in [-0.39, 0.29) is 5.82 Å². The number of aromatic nitrogens is 2. The first kappa shape index (κ1) is 21.8. The van der Waals surface area contributed by atoms with Crippen LogP contribution in [0.2, 0.25) is 0 Å². The number of nitrogens with zero attached hydrogens (tertiary/aromatic N) is 2. The van der Waals surface area contributed by atoms with Crippen LogP contribution >= 0.6 is 15.9 Å². The molecular weight excluding hydrogens is 475 g/mol. The molecule has 5 nitrogen and oxygen atoms in total. The summed E-state index contributed by atoms with van der Waals surface area (Å²) in [6.07, 6.45) is 0.775. The number of carbonyl (C=O) groups is 1. The van der Waals surface area contributed by atoms with Crippen LogP contribution in [-0.2, 0) is 17.8 Å². The molecule has 0 saturated carbocycles. The fraction of sp³-hybridized carbons (Fsp3) is 0.120. The van der Waals surface area contributed by atoms with Crippen molar-refractivity contribution in [2.75, 3.05) is 6.61 Å². The maximum absolute atomic E-state index is 13.5.